The molecule has 1 aromatic rings. The van der Waals surface area contributed by atoms with Crippen molar-refractivity contribution in [3.63, 3.8) is 0 Å². The van der Waals surface area contributed by atoms with E-state index in [9.17, 15) is 19.2 Å². The van der Waals surface area contributed by atoms with Crippen LogP contribution in [0.4, 0.5) is 5.69 Å². The summed E-state index contributed by atoms with van der Waals surface area (Å²) in [6.07, 6.45) is 1.03. The third-order valence-corrected chi connectivity index (χ3v) is 4.56. The van der Waals surface area contributed by atoms with Gasteiger partial charge >= 0.3 is 11.9 Å². The minimum atomic E-state index is -0.484. The van der Waals surface area contributed by atoms with Crippen LogP contribution in [-0.2, 0) is 35.1 Å². The van der Waals surface area contributed by atoms with Crippen molar-refractivity contribution in [2.75, 3.05) is 38.2 Å². The van der Waals surface area contributed by atoms with Gasteiger partial charge in [-0.3, -0.25) is 9.59 Å². The second kappa shape index (κ2) is 15.3. The highest BCUT2D eigenvalue weighted by atomic mass is 16.5. The molecule has 9 heteroatoms. The van der Waals surface area contributed by atoms with Crippen molar-refractivity contribution in [1.82, 2.24) is 10.6 Å². The number of esters is 2. The number of hydrogen-bond acceptors (Lipinski definition) is 7. The molecular weight excluding hydrogens is 438 g/mol. The number of rotatable bonds is 15. The van der Waals surface area contributed by atoms with Crippen molar-refractivity contribution >= 4 is 29.4 Å². The van der Waals surface area contributed by atoms with Crippen LogP contribution < -0.4 is 16.0 Å². The Kier molecular flexibility index (Phi) is 12.8. The summed E-state index contributed by atoms with van der Waals surface area (Å²) in [7, 11) is 0. The van der Waals surface area contributed by atoms with Gasteiger partial charge in [-0.05, 0) is 38.8 Å². The van der Waals surface area contributed by atoms with Crippen molar-refractivity contribution in [2.24, 2.45) is 0 Å². The maximum atomic E-state index is 12.1. The number of anilines is 1. The summed E-state index contributed by atoms with van der Waals surface area (Å²) in [5.41, 5.74) is 3.51. The first kappa shape index (κ1) is 28.4. The SMILES string of the molecule is C=C(C)C(=O)OCCNC(=O)CCNc1ccc(C)cc1CCC(=O)NCCOC(=O)C(=C)C. The smallest absolute Gasteiger partial charge is 0.333 e. The van der Waals surface area contributed by atoms with E-state index in [0.717, 1.165) is 16.8 Å². The summed E-state index contributed by atoms with van der Waals surface area (Å²) in [4.78, 5) is 46.7. The highest BCUT2D eigenvalue weighted by Crippen LogP contribution is 2.19. The zero-order valence-corrected chi connectivity index (χ0v) is 20.3. The third-order valence-electron chi connectivity index (χ3n) is 4.56. The largest absolute Gasteiger partial charge is 0.460 e. The molecule has 0 saturated heterocycles. The first-order valence-corrected chi connectivity index (χ1v) is 11.1. The second-order valence-corrected chi connectivity index (χ2v) is 7.87. The molecular formula is C25H35N3O6. The molecule has 1 aromatic carbocycles. The van der Waals surface area contributed by atoms with Crippen LogP contribution in [0.2, 0.25) is 0 Å². The highest BCUT2D eigenvalue weighted by molar-refractivity contribution is 5.87. The van der Waals surface area contributed by atoms with Crippen LogP contribution in [-0.4, -0.2) is 56.6 Å². The Hall–Kier alpha value is -3.62. The fourth-order valence-corrected chi connectivity index (χ4v) is 2.75. The van der Waals surface area contributed by atoms with Crippen molar-refractivity contribution in [3.8, 4) is 0 Å². The molecule has 3 N–H and O–H groups in total. The molecule has 9 nitrogen and oxygen atoms in total. The summed E-state index contributed by atoms with van der Waals surface area (Å²) in [6, 6.07) is 5.88. The standard InChI is InChI=1S/C25H35N3O6/c1-17(2)24(31)33-14-12-27-22(29)9-7-20-16-19(5)6-8-21(20)26-11-10-23(30)28-13-15-34-25(32)18(3)4/h6,8,16,26H,1,3,7,9-15H2,2,4-5H3,(H,27,29)(H,28,30). The average Bonchev–Trinajstić information content (AvgIpc) is 2.78. The van der Waals surface area contributed by atoms with Crippen LogP contribution in [0.5, 0.6) is 0 Å². The number of nitrogens with one attached hydrogen (secondary N) is 3. The van der Waals surface area contributed by atoms with Gasteiger partial charge in [0, 0.05) is 36.2 Å². The van der Waals surface area contributed by atoms with E-state index in [1.807, 2.05) is 25.1 Å². The molecule has 0 aliphatic carbocycles. The molecule has 186 valence electrons. The van der Waals surface area contributed by atoms with Gasteiger partial charge in [-0.2, -0.15) is 0 Å². The molecule has 34 heavy (non-hydrogen) atoms. The summed E-state index contributed by atoms with van der Waals surface area (Å²) in [6.45, 7) is 13.1. The van der Waals surface area contributed by atoms with Crippen molar-refractivity contribution in [3.05, 3.63) is 53.6 Å². The molecule has 0 aromatic heterocycles. The molecule has 0 radical (unpaired) electrons. The number of hydrogen-bond donors (Lipinski definition) is 3. The van der Waals surface area contributed by atoms with Crippen molar-refractivity contribution < 1.29 is 28.7 Å². The molecule has 0 aliphatic heterocycles. The Labute approximate surface area is 201 Å². The lowest BCUT2D eigenvalue weighted by atomic mass is 10.0. The topological polar surface area (TPSA) is 123 Å². The minimum Gasteiger partial charge on any atom is -0.460 e. The minimum absolute atomic E-state index is 0.0887. The Morgan fingerprint density at radius 3 is 1.88 bits per heavy atom. The van der Waals surface area contributed by atoms with Crippen LogP contribution in [0, 0.1) is 6.92 Å². The Balaban J connectivity index is 2.38. The molecule has 0 heterocycles. The molecule has 1 rings (SSSR count). The van der Waals surface area contributed by atoms with Crippen molar-refractivity contribution in [2.45, 2.75) is 40.0 Å². The number of carbonyl (C=O) groups excluding carboxylic acids is 4. The van der Waals surface area contributed by atoms with Crippen LogP contribution in [0.3, 0.4) is 0 Å². The lowest BCUT2D eigenvalue weighted by molar-refractivity contribution is -0.139. The zero-order valence-electron chi connectivity index (χ0n) is 20.3. The van der Waals surface area contributed by atoms with E-state index in [1.165, 1.54) is 0 Å². The fraction of sp³-hybridized carbons (Fsp3) is 0.440. The van der Waals surface area contributed by atoms with Gasteiger partial charge in [0.2, 0.25) is 11.8 Å². The Bertz CT molecular complexity index is 910. The van der Waals surface area contributed by atoms with E-state index in [4.69, 9.17) is 9.47 Å². The number of amides is 2. The van der Waals surface area contributed by atoms with Gasteiger partial charge in [0.15, 0.2) is 0 Å². The molecule has 0 fully saturated rings. The third kappa shape index (κ3) is 11.8. The molecule has 0 bridgehead atoms. The maximum absolute atomic E-state index is 12.1. The first-order chi connectivity index (χ1) is 16.1. The van der Waals surface area contributed by atoms with E-state index >= 15 is 0 Å². The number of benzene rings is 1. The predicted octanol–water partition coefficient (Wildman–Crippen LogP) is 2.20. The monoisotopic (exact) mass is 473 g/mol. The quantitative estimate of drug-likeness (QED) is 0.203. The number of carbonyl (C=O) groups is 4. The molecule has 0 unspecified atom stereocenters. The van der Waals surface area contributed by atoms with Gasteiger partial charge in [0.25, 0.3) is 0 Å². The van der Waals surface area contributed by atoms with Gasteiger partial charge in [-0.25, -0.2) is 9.59 Å². The summed E-state index contributed by atoms with van der Waals surface area (Å²) in [5.74, 6) is -1.28. The number of ether oxygens (including phenoxy) is 2. The Morgan fingerprint density at radius 1 is 0.824 bits per heavy atom. The van der Waals surface area contributed by atoms with E-state index in [2.05, 4.69) is 29.1 Å². The van der Waals surface area contributed by atoms with Crippen LogP contribution in [0.25, 0.3) is 0 Å². The maximum Gasteiger partial charge on any atom is 0.333 e. The molecule has 0 saturated carbocycles. The van der Waals surface area contributed by atoms with Gasteiger partial charge in [0.05, 0.1) is 13.1 Å². The molecule has 0 atom stereocenters. The highest BCUT2D eigenvalue weighted by Gasteiger charge is 2.09. The van der Waals surface area contributed by atoms with Gasteiger partial charge in [-0.1, -0.05) is 30.9 Å². The summed E-state index contributed by atoms with van der Waals surface area (Å²) in [5, 5.41) is 8.65. The molecule has 2 amide bonds. The molecule has 0 aliphatic rings. The fourth-order valence-electron chi connectivity index (χ4n) is 2.75. The van der Waals surface area contributed by atoms with E-state index < -0.39 is 11.9 Å². The van der Waals surface area contributed by atoms with Crippen LogP contribution in [0.1, 0.15) is 37.8 Å². The number of aryl methyl sites for hydroxylation is 2. The summed E-state index contributed by atoms with van der Waals surface area (Å²) < 4.78 is 9.87. The van der Waals surface area contributed by atoms with Crippen LogP contribution >= 0.6 is 0 Å². The van der Waals surface area contributed by atoms with E-state index in [1.54, 1.807) is 13.8 Å². The molecule has 0 spiro atoms. The zero-order chi connectivity index (χ0) is 25.5. The van der Waals surface area contributed by atoms with E-state index in [0.29, 0.717) is 24.1 Å². The predicted molar refractivity (Wildman–Crippen MR) is 130 cm³/mol. The van der Waals surface area contributed by atoms with Gasteiger partial charge in [-0.15, -0.1) is 0 Å². The normalized spacial score (nSPS) is 10.1. The summed E-state index contributed by atoms with van der Waals surface area (Å²) >= 11 is 0. The lowest BCUT2D eigenvalue weighted by Gasteiger charge is -2.13. The lowest BCUT2D eigenvalue weighted by Crippen LogP contribution is -2.29. The van der Waals surface area contributed by atoms with Gasteiger partial charge in [0.1, 0.15) is 13.2 Å². The van der Waals surface area contributed by atoms with Crippen molar-refractivity contribution in [1.29, 1.82) is 0 Å². The Morgan fingerprint density at radius 2 is 1.35 bits per heavy atom. The first-order valence-electron chi connectivity index (χ1n) is 11.1. The van der Waals surface area contributed by atoms with Crippen LogP contribution in [0.15, 0.2) is 42.5 Å². The second-order valence-electron chi connectivity index (χ2n) is 7.87. The van der Waals surface area contributed by atoms with Gasteiger partial charge < -0.3 is 25.4 Å². The van der Waals surface area contributed by atoms with E-state index in [-0.39, 0.29) is 51.0 Å². The average molecular weight is 474 g/mol.